The number of aliphatic hydroxyl groups is 1. The van der Waals surface area contributed by atoms with E-state index < -0.39 is 17.7 Å². The number of ether oxygens (including phenoxy) is 2. The summed E-state index contributed by atoms with van der Waals surface area (Å²) >= 11 is 6.16. The van der Waals surface area contributed by atoms with Gasteiger partial charge in [0.05, 0.1) is 19.2 Å². The Kier molecular flexibility index (Phi) is 4.65. The zero-order valence-corrected chi connectivity index (χ0v) is 12.1. The van der Waals surface area contributed by atoms with E-state index in [1.165, 1.54) is 26.4 Å². The summed E-state index contributed by atoms with van der Waals surface area (Å²) in [4.78, 5) is 0. The Bertz CT molecular complexity index is 662. The molecule has 2 aromatic rings. The third-order valence-corrected chi connectivity index (χ3v) is 3.46. The third-order valence-electron chi connectivity index (χ3n) is 3.07. The zero-order chi connectivity index (χ0) is 15.6. The summed E-state index contributed by atoms with van der Waals surface area (Å²) in [6, 6.07) is 5.98. The molecule has 0 saturated carbocycles. The number of halogens is 3. The van der Waals surface area contributed by atoms with Crippen LogP contribution in [0.25, 0.3) is 0 Å². The average molecular weight is 315 g/mol. The van der Waals surface area contributed by atoms with E-state index in [2.05, 4.69) is 0 Å². The van der Waals surface area contributed by atoms with Crippen LogP contribution in [-0.4, -0.2) is 19.3 Å². The number of methoxy groups -OCH3 is 2. The van der Waals surface area contributed by atoms with Crippen LogP contribution < -0.4 is 9.47 Å². The van der Waals surface area contributed by atoms with E-state index in [9.17, 15) is 13.9 Å². The molecule has 0 saturated heterocycles. The first-order chi connectivity index (χ1) is 9.99. The molecule has 0 aliphatic carbocycles. The Labute approximate surface area is 125 Å². The Morgan fingerprint density at radius 1 is 1.05 bits per heavy atom. The summed E-state index contributed by atoms with van der Waals surface area (Å²) in [7, 11) is 2.85. The second-order valence-electron chi connectivity index (χ2n) is 4.27. The van der Waals surface area contributed by atoms with Gasteiger partial charge in [0, 0.05) is 17.2 Å². The van der Waals surface area contributed by atoms with Crippen LogP contribution in [0.3, 0.4) is 0 Å². The van der Waals surface area contributed by atoms with Crippen LogP contribution in [0.1, 0.15) is 17.2 Å². The van der Waals surface area contributed by atoms with Gasteiger partial charge in [-0.1, -0.05) is 23.7 Å². The number of rotatable bonds is 4. The highest BCUT2D eigenvalue weighted by molar-refractivity contribution is 6.33. The summed E-state index contributed by atoms with van der Waals surface area (Å²) in [6.07, 6.45) is -1.35. The maximum Gasteiger partial charge on any atom is 0.179 e. The van der Waals surface area contributed by atoms with Crippen molar-refractivity contribution in [2.24, 2.45) is 0 Å². The van der Waals surface area contributed by atoms with Gasteiger partial charge in [0.15, 0.2) is 11.5 Å². The molecule has 0 aliphatic heterocycles. The molecule has 0 aliphatic rings. The molecule has 0 bridgehead atoms. The number of benzene rings is 2. The molecule has 1 unspecified atom stereocenters. The summed E-state index contributed by atoms with van der Waals surface area (Å²) in [5.74, 6) is -0.952. The molecule has 0 radical (unpaired) electrons. The van der Waals surface area contributed by atoms with Crippen molar-refractivity contribution in [2.75, 3.05) is 14.2 Å². The number of hydrogen-bond acceptors (Lipinski definition) is 3. The van der Waals surface area contributed by atoms with Gasteiger partial charge >= 0.3 is 0 Å². The minimum absolute atomic E-state index is 0.0782. The molecule has 6 heteroatoms. The van der Waals surface area contributed by atoms with E-state index in [1.807, 2.05) is 0 Å². The van der Waals surface area contributed by atoms with Crippen molar-refractivity contribution in [1.82, 2.24) is 0 Å². The molecule has 1 atom stereocenters. The van der Waals surface area contributed by atoms with Crippen molar-refractivity contribution >= 4 is 11.6 Å². The van der Waals surface area contributed by atoms with E-state index in [1.54, 1.807) is 6.07 Å². The van der Waals surface area contributed by atoms with Crippen molar-refractivity contribution in [1.29, 1.82) is 0 Å². The quantitative estimate of drug-likeness (QED) is 0.935. The van der Waals surface area contributed by atoms with Gasteiger partial charge in [-0.25, -0.2) is 8.78 Å². The molecule has 0 amide bonds. The van der Waals surface area contributed by atoms with Crippen LogP contribution in [0.2, 0.25) is 5.02 Å². The fourth-order valence-electron chi connectivity index (χ4n) is 2.01. The fourth-order valence-corrected chi connectivity index (χ4v) is 2.34. The third kappa shape index (κ3) is 2.94. The predicted molar refractivity (Wildman–Crippen MR) is 75.0 cm³/mol. The molecule has 3 nitrogen and oxygen atoms in total. The lowest BCUT2D eigenvalue weighted by Crippen LogP contribution is -2.05. The molecule has 0 heterocycles. The van der Waals surface area contributed by atoms with Gasteiger partial charge in [-0.15, -0.1) is 0 Å². The minimum Gasteiger partial charge on any atom is -0.493 e. The monoisotopic (exact) mass is 314 g/mol. The average Bonchev–Trinajstić information content (AvgIpc) is 2.46. The highest BCUT2D eigenvalue weighted by Gasteiger charge is 2.22. The molecule has 0 spiro atoms. The second kappa shape index (κ2) is 6.28. The molecule has 112 valence electrons. The van der Waals surface area contributed by atoms with Crippen LogP contribution in [0.4, 0.5) is 8.78 Å². The van der Waals surface area contributed by atoms with Gasteiger partial charge in [-0.3, -0.25) is 0 Å². The lowest BCUT2D eigenvalue weighted by atomic mass is 10.0. The molecular formula is C15H13ClF2O3. The molecular weight excluding hydrogens is 302 g/mol. The first-order valence-corrected chi connectivity index (χ1v) is 6.40. The van der Waals surface area contributed by atoms with Crippen LogP contribution in [-0.2, 0) is 0 Å². The topological polar surface area (TPSA) is 38.7 Å². The predicted octanol–water partition coefficient (Wildman–Crippen LogP) is 3.72. The smallest absolute Gasteiger partial charge is 0.179 e. The summed E-state index contributed by atoms with van der Waals surface area (Å²) in [5.41, 5.74) is 0.158. The Hall–Kier alpha value is -1.85. The lowest BCUT2D eigenvalue weighted by Gasteiger charge is -2.17. The maximum atomic E-state index is 13.7. The first kappa shape index (κ1) is 15.5. The second-order valence-corrected chi connectivity index (χ2v) is 4.65. The lowest BCUT2D eigenvalue weighted by molar-refractivity contribution is 0.214. The van der Waals surface area contributed by atoms with Crippen LogP contribution >= 0.6 is 11.6 Å². The Morgan fingerprint density at radius 2 is 1.71 bits per heavy atom. The Balaban J connectivity index is 2.51. The highest BCUT2D eigenvalue weighted by Crippen LogP contribution is 2.41. The van der Waals surface area contributed by atoms with Crippen LogP contribution in [0, 0.1) is 11.6 Å². The van der Waals surface area contributed by atoms with E-state index >= 15 is 0 Å². The van der Waals surface area contributed by atoms with Crippen LogP contribution in [0.5, 0.6) is 11.5 Å². The maximum absolute atomic E-state index is 13.7. The van der Waals surface area contributed by atoms with E-state index in [4.69, 9.17) is 21.1 Å². The molecule has 2 aromatic carbocycles. The molecule has 1 N–H and O–H groups in total. The Morgan fingerprint density at radius 3 is 2.29 bits per heavy atom. The van der Waals surface area contributed by atoms with Gasteiger partial charge in [0.1, 0.15) is 17.7 Å². The zero-order valence-electron chi connectivity index (χ0n) is 11.4. The molecule has 21 heavy (non-hydrogen) atoms. The summed E-state index contributed by atoms with van der Waals surface area (Å²) in [5, 5.41) is 10.4. The summed E-state index contributed by atoms with van der Waals surface area (Å²) < 4.78 is 36.9. The van der Waals surface area contributed by atoms with Crippen LogP contribution in [0.15, 0.2) is 30.3 Å². The SMILES string of the molecule is COc1ccc(C(O)c2ccc(F)cc2F)c(Cl)c1OC. The first-order valence-electron chi connectivity index (χ1n) is 6.03. The van der Waals surface area contributed by atoms with Gasteiger partial charge in [-0.2, -0.15) is 0 Å². The van der Waals surface area contributed by atoms with Gasteiger partial charge in [0.2, 0.25) is 0 Å². The molecule has 2 rings (SSSR count). The van der Waals surface area contributed by atoms with E-state index in [-0.39, 0.29) is 21.9 Å². The molecule has 0 fully saturated rings. The van der Waals surface area contributed by atoms with Gasteiger partial charge < -0.3 is 14.6 Å². The van der Waals surface area contributed by atoms with Crippen molar-refractivity contribution in [3.63, 3.8) is 0 Å². The highest BCUT2D eigenvalue weighted by atomic mass is 35.5. The standard InChI is InChI=1S/C15H13ClF2O3/c1-20-12-6-5-10(13(16)15(12)21-2)14(19)9-4-3-8(17)7-11(9)18/h3-7,14,19H,1-2H3. The van der Waals surface area contributed by atoms with Crippen molar-refractivity contribution in [3.05, 3.63) is 58.1 Å². The van der Waals surface area contributed by atoms with Crippen molar-refractivity contribution in [2.45, 2.75) is 6.10 Å². The van der Waals surface area contributed by atoms with E-state index in [0.29, 0.717) is 11.8 Å². The minimum atomic E-state index is -1.35. The van der Waals surface area contributed by atoms with E-state index in [0.717, 1.165) is 6.07 Å². The van der Waals surface area contributed by atoms with Gasteiger partial charge in [-0.05, 0) is 12.1 Å². The largest absolute Gasteiger partial charge is 0.493 e. The van der Waals surface area contributed by atoms with Crippen molar-refractivity contribution in [3.8, 4) is 11.5 Å². The number of aliphatic hydroxyl groups excluding tert-OH is 1. The normalized spacial score (nSPS) is 12.1. The number of hydrogen-bond donors (Lipinski definition) is 1. The fraction of sp³-hybridized carbons (Fsp3) is 0.200. The summed E-state index contributed by atoms with van der Waals surface area (Å²) in [6.45, 7) is 0. The van der Waals surface area contributed by atoms with Crippen molar-refractivity contribution < 1.29 is 23.4 Å². The van der Waals surface area contributed by atoms with Gasteiger partial charge in [0.25, 0.3) is 0 Å². The molecule has 0 aromatic heterocycles.